The second-order valence-corrected chi connectivity index (χ2v) is 5.87. The first-order valence-electron chi connectivity index (χ1n) is 7.81. The third-order valence-corrected chi connectivity index (χ3v) is 4.09. The van der Waals surface area contributed by atoms with Gasteiger partial charge in [-0.15, -0.1) is 0 Å². The first-order valence-corrected chi connectivity index (χ1v) is 7.81. The van der Waals surface area contributed by atoms with Crippen LogP contribution in [0, 0.1) is 0 Å². The van der Waals surface area contributed by atoms with E-state index in [2.05, 4.69) is 15.0 Å². The van der Waals surface area contributed by atoms with Crippen LogP contribution in [0.1, 0.15) is 18.4 Å². The first kappa shape index (κ1) is 17.4. The number of hydrogen-bond donors (Lipinski definition) is 0. The minimum Gasteiger partial charge on any atom is -0.340 e. The van der Waals surface area contributed by atoms with Gasteiger partial charge >= 0.3 is 6.18 Å². The van der Waals surface area contributed by atoms with Crippen molar-refractivity contribution in [2.24, 2.45) is 0 Å². The van der Waals surface area contributed by atoms with Gasteiger partial charge in [0.2, 0.25) is 17.6 Å². The van der Waals surface area contributed by atoms with Crippen molar-refractivity contribution in [1.82, 2.24) is 19.9 Å². The summed E-state index contributed by atoms with van der Waals surface area (Å²) in [5, 5.41) is 3.77. The molecule has 1 aromatic carbocycles. The summed E-state index contributed by atoms with van der Waals surface area (Å²) in [6, 6.07) is 4.82. The van der Waals surface area contributed by atoms with Crippen LogP contribution < -0.4 is 0 Å². The number of nitrogens with zero attached hydrogens (tertiary/aromatic N) is 4. The van der Waals surface area contributed by atoms with Gasteiger partial charge in [0.25, 0.3) is 0 Å². The average molecular weight is 354 g/mol. The molecule has 0 saturated carbocycles. The fourth-order valence-corrected chi connectivity index (χ4v) is 2.68. The maximum absolute atomic E-state index is 12.8. The van der Waals surface area contributed by atoms with Crippen LogP contribution in [0.25, 0.3) is 11.4 Å². The lowest BCUT2D eigenvalue weighted by atomic mass is 10.1. The van der Waals surface area contributed by atoms with Crippen LogP contribution >= 0.6 is 0 Å². The molecule has 0 atom stereocenters. The smallest absolute Gasteiger partial charge is 0.340 e. The molecule has 2 aromatic rings. The van der Waals surface area contributed by atoms with Gasteiger partial charge in [0, 0.05) is 38.7 Å². The van der Waals surface area contributed by atoms with Crippen LogP contribution in [0.4, 0.5) is 13.2 Å². The molecule has 9 heteroatoms. The number of carbonyl (C=O) groups is 1. The average Bonchev–Trinajstić information content (AvgIpc) is 3.03. The number of piperazine rings is 1. The predicted molar refractivity (Wildman–Crippen MR) is 82.3 cm³/mol. The molecular weight excluding hydrogens is 337 g/mol. The van der Waals surface area contributed by atoms with E-state index < -0.39 is 11.7 Å². The second kappa shape index (κ2) is 6.83. The number of aromatic nitrogens is 2. The standard InChI is InChI=1S/C16H17F3N4O2/c1-11(24)23-7-5-22(6-8-23)10-14-20-15(21-25-14)12-3-2-4-13(9-12)16(17,18)19/h2-4,9H,5-8,10H2,1H3. The maximum Gasteiger partial charge on any atom is 0.416 e. The molecular formula is C16H17F3N4O2. The van der Waals surface area contributed by atoms with E-state index in [0.29, 0.717) is 38.6 Å². The van der Waals surface area contributed by atoms with Crippen molar-refractivity contribution < 1.29 is 22.5 Å². The summed E-state index contributed by atoms with van der Waals surface area (Å²) >= 11 is 0. The summed E-state index contributed by atoms with van der Waals surface area (Å²) in [5.41, 5.74) is -0.497. The Morgan fingerprint density at radius 3 is 2.60 bits per heavy atom. The second-order valence-electron chi connectivity index (χ2n) is 5.87. The van der Waals surface area contributed by atoms with E-state index in [1.165, 1.54) is 19.1 Å². The quantitative estimate of drug-likeness (QED) is 0.847. The summed E-state index contributed by atoms with van der Waals surface area (Å²) in [6.07, 6.45) is -4.42. The zero-order valence-corrected chi connectivity index (χ0v) is 13.6. The van der Waals surface area contributed by atoms with E-state index >= 15 is 0 Å². The monoisotopic (exact) mass is 354 g/mol. The Bertz CT molecular complexity index is 752. The minimum absolute atomic E-state index is 0.0456. The van der Waals surface area contributed by atoms with Crippen LogP contribution in [0.2, 0.25) is 0 Å². The molecule has 25 heavy (non-hydrogen) atoms. The fraction of sp³-hybridized carbons (Fsp3) is 0.438. The van der Waals surface area contributed by atoms with Gasteiger partial charge in [0.15, 0.2) is 0 Å². The van der Waals surface area contributed by atoms with Gasteiger partial charge < -0.3 is 9.42 Å². The van der Waals surface area contributed by atoms with Crippen LogP contribution in [-0.2, 0) is 17.5 Å². The van der Waals surface area contributed by atoms with Crippen molar-refractivity contribution in [2.75, 3.05) is 26.2 Å². The van der Waals surface area contributed by atoms with Crippen molar-refractivity contribution >= 4 is 5.91 Å². The Hall–Kier alpha value is -2.42. The van der Waals surface area contributed by atoms with Crippen LogP contribution in [0.5, 0.6) is 0 Å². The van der Waals surface area contributed by atoms with Gasteiger partial charge in [-0.3, -0.25) is 9.69 Å². The molecule has 6 nitrogen and oxygen atoms in total. The lowest BCUT2D eigenvalue weighted by Gasteiger charge is -2.33. The number of alkyl halides is 3. The van der Waals surface area contributed by atoms with Gasteiger partial charge in [-0.1, -0.05) is 17.3 Å². The highest BCUT2D eigenvalue weighted by Crippen LogP contribution is 2.31. The van der Waals surface area contributed by atoms with Gasteiger partial charge in [-0.05, 0) is 12.1 Å². The molecule has 1 aromatic heterocycles. The molecule has 1 aliphatic heterocycles. The summed E-state index contributed by atoms with van der Waals surface area (Å²) in [6.45, 7) is 4.56. The van der Waals surface area contributed by atoms with E-state index in [4.69, 9.17) is 4.52 Å². The number of rotatable bonds is 3. The van der Waals surface area contributed by atoms with E-state index in [-0.39, 0.29) is 17.3 Å². The van der Waals surface area contributed by atoms with Crippen LogP contribution in [-0.4, -0.2) is 52.0 Å². The van der Waals surface area contributed by atoms with E-state index in [1.54, 1.807) is 4.90 Å². The molecule has 0 radical (unpaired) electrons. The summed E-state index contributed by atoms with van der Waals surface area (Å²) in [7, 11) is 0. The molecule has 1 aliphatic rings. The van der Waals surface area contributed by atoms with Gasteiger partial charge in [0.1, 0.15) is 0 Å². The first-order chi connectivity index (χ1) is 11.8. The molecule has 0 spiro atoms. The topological polar surface area (TPSA) is 62.5 Å². The van der Waals surface area contributed by atoms with Crippen molar-refractivity contribution in [3.8, 4) is 11.4 Å². The predicted octanol–water partition coefficient (Wildman–Crippen LogP) is 2.42. The molecule has 0 N–H and O–H groups in total. The van der Waals surface area contributed by atoms with Crippen LogP contribution in [0.15, 0.2) is 28.8 Å². The number of amides is 1. The fourth-order valence-electron chi connectivity index (χ4n) is 2.68. The molecule has 1 saturated heterocycles. The zero-order chi connectivity index (χ0) is 18.0. The number of halogens is 3. The number of benzene rings is 1. The van der Waals surface area contributed by atoms with Crippen molar-refractivity contribution in [1.29, 1.82) is 0 Å². The molecule has 134 valence electrons. The number of carbonyl (C=O) groups excluding carboxylic acids is 1. The van der Waals surface area contributed by atoms with Crippen molar-refractivity contribution in [3.63, 3.8) is 0 Å². The molecule has 1 amide bonds. The number of hydrogen-bond acceptors (Lipinski definition) is 5. The third kappa shape index (κ3) is 4.16. The van der Waals surface area contributed by atoms with Gasteiger partial charge in [0.05, 0.1) is 12.1 Å². The van der Waals surface area contributed by atoms with Crippen molar-refractivity contribution in [3.05, 3.63) is 35.7 Å². The Morgan fingerprint density at radius 1 is 1.24 bits per heavy atom. The van der Waals surface area contributed by atoms with E-state index in [9.17, 15) is 18.0 Å². The normalized spacial score (nSPS) is 16.2. The summed E-state index contributed by atoms with van der Waals surface area (Å²) in [5.74, 6) is 0.511. The largest absolute Gasteiger partial charge is 0.416 e. The zero-order valence-electron chi connectivity index (χ0n) is 13.6. The Balaban J connectivity index is 1.66. The molecule has 3 rings (SSSR count). The summed E-state index contributed by atoms with van der Waals surface area (Å²) < 4.78 is 43.5. The molecule has 0 unspecified atom stereocenters. The van der Waals surface area contributed by atoms with E-state index in [1.807, 2.05) is 0 Å². The van der Waals surface area contributed by atoms with Crippen LogP contribution in [0.3, 0.4) is 0 Å². The minimum atomic E-state index is -4.42. The maximum atomic E-state index is 12.8. The molecule has 2 heterocycles. The highest BCUT2D eigenvalue weighted by Gasteiger charge is 2.31. The third-order valence-electron chi connectivity index (χ3n) is 4.09. The highest BCUT2D eigenvalue weighted by atomic mass is 19.4. The van der Waals surface area contributed by atoms with Crippen molar-refractivity contribution in [2.45, 2.75) is 19.6 Å². The van der Waals surface area contributed by atoms with Gasteiger partial charge in [-0.25, -0.2) is 0 Å². The molecule has 0 bridgehead atoms. The lowest BCUT2D eigenvalue weighted by Crippen LogP contribution is -2.47. The van der Waals surface area contributed by atoms with Gasteiger partial charge in [-0.2, -0.15) is 18.2 Å². The lowest BCUT2D eigenvalue weighted by molar-refractivity contribution is -0.137. The SMILES string of the molecule is CC(=O)N1CCN(Cc2nc(-c3cccc(C(F)(F)F)c3)no2)CC1. The Kier molecular flexibility index (Phi) is 4.76. The Labute approximate surface area is 142 Å². The van der Waals surface area contributed by atoms with E-state index in [0.717, 1.165) is 12.1 Å². The molecule has 1 fully saturated rings. The Morgan fingerprint density at radius 2 is 1.96 bits per heavy atom. The highest BCUT2D eigenvalue weighted by molar-refractivity contribution is 5.73. The molecule has 0 aliphatic carbocycles. The summed E-state index contributed by atoms with van der Waals surface area (Å²) in [4.78, 5) is 19.3.